The number of rotatable bonds is 7. The highest BCUT2D eigenvalue weighted by Gasteiger charge is 2.33. The van der Waals surface area contributed by atoms with Gasteiger partial charge in [0.25, 0.3) is 0 Å². The van der Waals surface area contributed by atoms with Crippen LogP contribution in [0.3, 0.4) is 0 Å². The molecule has 0 unspecified atom stereocenters. The summed E-state index contributed by atoms with van der Waals surface area (Å²) >= 11 is 0. The molecule has 0 bridgehead atoms. The van der Waals surface area contributed by atoms with Gasteiger partial charge in [-0.25, -0.2) is 8.42 Å². The van der Waals surface area contributed by atoms with E-state index in [0.29, 0.717) is 0 Å². The first-order valence-electron chi connectivity index (χ1n) is 6.49. The average molecular weight is 316 g/mol. The molecule has 0 saturated heterocycles. The second-order valence-electron chi connectivity index (χ2n) is 4.90. The van der Waals surface area contributed by atoms with Crippen LogP contribution in [0, 0.1) is 16.0 Å². The van der Waals surface area contributed by atoms with Crippen molar-refractivity contribution >= 4 is 21.4 Å². The van der Waals surface area contributed by atoms with Crippen LogP contribution in [-0.4, -0.2) is 30.7 Å². The number of para-hydroxylation sites is 1. The summed E-state index contributed by atoms with van der Waals surface area (Å²) in [5.41, 5.74) is 1.58. The van der Waals surface area contributed by atoms with Crippen LogP contribution in [0.4, 0.5) is 11.4 Å². The molecule has 9 heteroatoms. The normalized spacial score (nSPS) is 11.9. The number of nitro groups is 1. The smallest absolute Gasteiger partial charge is 0.313 e. The van der Waals surface area contributed by atoms with Crippen LogP contribution < -0.4 is 11.3 Å². The Morgan fingerprint density at radius 3 is 2.48 bits per heavy atom. The molecule has 0 radical (unpaired) electrons. The average Bonchev–Trinajstić information content (AvgIpc) is 2.43. The summed E-state index contributed by atoms with van der Waals surface area (Å²) in [6.07, 6.45) is 0. The molecule has 21 heavy (non-hydrogen) atoms. The van der Waals surface area contributed by atoms with E-state index in [1.54, 1.807) is 6.92 Å². The lowest BCUT2D eigenvalue weighted by atomic mass is 10.2. The van der Waals surface area contributed by atoms with E-state index in [1.807, 2.05) is 13.8 Å². The summed E-state index contributed by atoms with van der Waals surface area (Å²) in [7, 11) is -3.96. The van der Waals surface area contributed by atoms with Gasteiger partial charge in [0, 0.05) is 13.1 Å². The maximum atomic E-state index is 12.6. The van der Waals surface area contributed by atoms with Crippen molar-refractivity contribution in [3.63, 3.8) is 0 Å². The fourth-order valence-corrected chi connectivity index (χ4v) is 3.77. The highest BCUT2D eigenvalue weighted by atomic mass is 32.2. The van der Waals surface area contributed by atoms with Crippen LogP contribution in [-0.2, 0) is 10.0 Å². The summed E-state index contributed by atoms with van der Waals surface area (Å²) in [4.78, 5) is 10.1. The first kappa shape index (κ1) is 17.3. The molecule has 118 valence electrons. The largest absolute Gasteiger partial charge is 0.318 e. The zero-order valence-electron chi connectivity index (χ0n) is 12.2. The third kappa shape index (κ3) is 3.69. The zero-order valence-corrected chi connectivity index (χ0v) is 13.1. The lowest BCUT2D eigenvalue weighted by molar-refractivity contribution is -0.386. The van der Waals surface area contributed by atoms with Gasteiger partial charge in [-0.3, -0.25) is 16.0 Å². The molecule has 0 saturated carbocycles. The van der Waals surface area contributed by atoms with Crippen LogP contribution in [0.2, 0.25) is 0 Å². The van der Waals surface area contributed by atoms with Crippen molar-refractivity contribution in [1.82, 2.24) is 4.31 Å². The number of anilines is 1. The number of hydrogen-bond acceptors (Lipinski definition) is 6. The number of hydrogen-bond donors (Lipinski definition) is 2. The molecule has 0 heterocycles. The predicted molar refractivity (Wildman–Crippen MR) is 80.2 cm³/mol. The molecule has 0 spiro atoms. The Labute approximate surface area is 124 Å². The lowest BCUT2D eigenvalue weighted by Crippen LogP contribution is -2.34. The van der Waals surface area contributed by atoms with Crippen molar-refractivity contribution in [2.75, 3.05) is 18.5 Å². The van der Waals surface area contributed by atoms with E-state index in [9.17, 15) is 18.5 Å². The molecule has 0 amide bonds. The van der Waals surface area contributed by atoms with Crippen LogP contribution >= 0.6 is 0 Å². The van der Waals surface area contributed by atoms with E-state index in [1.165, 1.54) is 22.5 Å². The lowest BCUT2D eigenvalue weighted by Gasteiger charge is -2.22. The Bertz CT molecular complexity index is 616. The van der Waals surface area contributed by atoms with Gasteiger partial charge in [0.2, 0.25) is 10.0 Å². The fraction of sp³-hybridized carbons (Fsp3) is 0.500. The maximum Gasteiger partial charge on any atom is 0.313 e. The first-order valence-corrected chi connectivity index (χ1v) is 7.93. The molecule has 0 aliphatic carbocycles. The summed E-state index contributed by atoms with van der Waals surface area (Å²) in [5, 5.41) is 11.2. The van der Waals surface area contributed by atoms with Gasteiger partial charge in [0.1, 0.15) is 5.69 Å². The Morgan fingerprint density at radius 2 is 2.05 bits per heavy atom. The van der Waals surface area contributed by atoms with Crippen molar-refractivity contribution in [1.29, 1.82) is 0 Å². The van der Waals surface area contributed by atoms with E-state index < -0.39 is 20.6 Å². The number of nitrogen functional groups attached to an aromatic ring is 1. The maximum absolute atomic E-state index is 12.6. The first-order chi connectivity index (χ1) is 9.75. The third-order valence-corrected chi connectivity index (χ3v) is 4.85. The Morgan fingerprint density at radius 1 is 1.43 bits per heavy atom. The van der Waals surface area contributed by atoms with E-state index in [2.05, 4.69) is 5.43 Å². The zero-order chi connectivity index (χ0) is 16.2. The molecule has 0 aliphatic rings. The molecule has 3 N–H and O–H groups in total. The second kappa shape index (κ2) is 6.83. The number of nitrogens with two attached hydrogens (primary N) is 1. The van der Waals surface area contributed by atoms with E-state index in [4.69, 9.17) is 5.84 Å². The Kier molecular flexibility index (Phi) is 5.64. The second-order valence-corrected chi connectivity index (χ2v) is 6.81. The van der Waals surface area contributed by atoms with E-state index >= 15 is 0 Å². The molecular weight excluding hydrogens is 296 g/mol. The van der Waals surface area contributed by atoms with Crippen LogP contribution in [0.25, 0.3) is 0 Å². The number of nitrogens with zero attached hydrogens (tertiary/aromatic N) is 2. The molecule has 1 aromatic carbocycles. The minimum absolute atomic E-state index is 0.0401. The molecule has 8 nitrogen and oxygen atoms in total. The van der Waals surface area contributed by atoms with Gasteiger partial charge in [0.15, 0.2) is 4.90 Å². The van der Waals surface area contributed by atoms with E-state index in [0.717, 1.165) is 0 Å². The standard InChI is InChI=1S/C12H20N4O4S/c1-4-15(8-9(2)3)21(19,20)11-7-5-6-10(14-13)12(11)16(17)18/h5-7,9,14H,4,8,13H2,1-3H3. The molecular formula is C12H20N4O4S. The van der Waals surface area contributed by atoms with Gasteiger partial charge in [-0.1, -0.05) is 26.8 Å². The number of sulfonamides is 1. The van der Waals surface area contributed by atoms with Gasteiger partial charge in [-0.2, -0.15) is 4.31 Å². The van der Waals surface area contributed by atoms with Crippen molar-refractivity contribution in [2.45, 2.75) is 25.7 Å². The molecule has 0 aliphatic heterocycles. The molecule has 1 aromatic rings. The van der Waals surface area contributed by atoms with Crippen molar-refractivity contribution in [2.24, 2.45) is 11.8 Å². The number of nitrogens with one attached hydrogen (secondary N) is 1. The summed E-state index contributed by atoms with van der Waals surface area (Å²) in [6.45, 7) is 5.97. The Balaban J connectivity index is 3.47. The predicted octanol–water partition coefficient (Wildman–Crippen LogP) is 1.55. The molecule has 0 aromatic heterocycles. The highest BCUT2D eigenvalue weighted by molar-refractivity contribution is 7.89. The highest BCUT2D eigenvalue weighted by Crippen LogP contribution is 2.33. The summed E-state index contributed by atoms with van der Waals surface area (Å²) in [5.74, 6) is 5.33. The van der Waals surface area contributed by atoms with Crippen molar-refractivity contribution in [3.05, 3.63) is 28.3 Å². The van der Waals surface area contributed by atoms with Gasteiger partial charge in [0.05, 0.1) is 4.92 Å². The van der Waals surface area contributed by atoms with Crippen LogP contribution in [0.15, 0.2) is 23.1 Å². The van der Waals surface area contributed by atoms with E-state index in [-0.39, 0.29) is 29.6 Å². The molecule has 1 rings (SSSR count). The fourth-order valence-electron chi connectivity index (χ4n) is 1.98. The quantitative estimate of drug-likeness (QED) is 0.447. The molecule has 0 fully saturated rings. The minimum atomic E-state index is -3.96. The number of benzene rings is 1. The minimum Gasteiger partial charge on any atom is -0.318 e. The molecule has 0 atom stereocenters. The van der Waals surface area contributed by atoms with Crippen LogP contribution in [0.1, 0.15) is 20.8 Å². The van der Waals surface area contributed by atoms with Gasteiger partial charge >= 0.3 is 5.69 Å². The monoisotopic (exact) mass is 316 g/mol. The Hall–Kier alpha value is -1.71. The van der Waals surface area contributed by atoms with Gasteiger partial charge < -0.3 is 5.43 Å². The third-order valence-electron chi connectivity index (χ3n) is 2.88. The number of hydrazine groups is 1. The van der Waals surface area contributed by atoms with Crippen molar-refractivity contribution in [3.8, 4) is 0 Å². The van der Waals surface area contributed by atoms with Gasteiger partial charge in [-0.15, -0.1) is 0 Å². The summed E-state index contributed by atoms with van der Waals surface area (Å²) < 4.78 is 26.5. The topological polar surface area (TPSA) is 119 Å². The SMILES string of the molecule is CCN(CC(C)C)S(=O)(=O)c1cccc(NN)c1[N+](=O)[O-]. The summed E-state index contributed by atoms with van der Waals surface area (Å²) in [6, 6.07) is 3.99. The number of nitro benzene ring substituents is 1. The van der Waals surface area contributed by atoms with Gasteiger partial charge in [-0.05, 0) is 18.1 Å². The van der Waals surface area contributed by atoms with Crippen LogP contribution in [0.5, 0.6) is 0 Å². The van der Waals surface area contributed by atoms with Crippen molar-refractivity contribution < 1.29 is 13.3 Å².